The molecule has 12 heteroatoms. The maximum absolute atomic E-state index is 8.60. The van der Waals surface area contributed by atoms with E-state index in [9.17, 15) is 0 Å². The number of rotatable bonds is 0. The van der Waals surface area contributed by atoms with Crippen LogP contribution < -0.4 is 28.0 Å². The van der Waals surface area contributed by atoms with Gasteiger partial charge in [0, 0.05) is 17.1 Å². The minimum absolute atomic E-state index is 0. The summed E-state index contributed by atoms with van der Waals surface area (Å²) in [5, 5.41) is 0. The fraction of sp³-hybridized carbons (Fsp3) is 0. The Morgan fingerprint density at radius 3 is 0.667 bits per heavy atom. The van der Waals surface area contributed by atoms with Crippen molar-refractivity contribution in [2.24, 2.45) is 0 Å². The predicted octanol–water partition coefficient (Wildman–Crippen LogP) is -9.43. The molecule has 2 N–H and O–H groups in total. The van der Waals surface area contributed by atoms with Crippen molar-refractivity contribution in [3.8, 4) is 0 Å². The first kappa shape index (κ1) is 23.3. The Bertz CT molecular complexity index is 60.0. The molecule has 0 fully saturated rings. The SMILES string of the molecule is [AlH3].[Cu].[O-][Cl+3]([O-])([O-])O.[O-][Cl+3]([O-])([O-])O. The van der Waals surface area contributed by atoms with Crippen LogP contribution in [0.1, 0.15) is 0 Å². The summed E-state index contributed by atoms with van der Waals surface area (Å²) in [6.45, 7) is 0. The normalized spacial score (nSPS) is 10.0. The topological polar surface area (TPSA) is 179 Å². The van der Waals surface area contributed by atoms with Crippen LogP contribution in [-0.4, -0.2) is 26.7 Å². The van der Waals surface area contributed by atoms with Gasteiger partial charge < -0.3 is 0 Å². The zero-order valence-electron chi connectivity index (χ0n) is 4.40. The predicted molar refractivity (Wildman–Crippen MR) is 14.4 cm³/mol. The van der Waals surface area contributed by atoms with E-state index in [0.717, 1.165) is 0 Å². The molecular formula is H5AlCl2CuO8. The second kappa shape index (κ2) is 8.89. The van der Waals surface area contributed by atoms with Crippen LogP contribution in [0.4, 0.5) is 0 Å². The van der Waals surface area contributed by atoms with E-state index in [1.807, 2.05) is 0 Å². The molecule has 0 saturated heterocycles. The molecule has 0 rings (SSSR count). The third kappa shape index (κ3) is 699. The Hall–Kier alpha value is 1.31. The van der Waals surface area contributed by atoms with Gasteiger partial charge in [0.15, 0.2) is 17.4 Å². The van der Waals surface area contributed by atoms with Crippen molar-refractivity contribution < 1.29 is 74.8 Å². The van der Waals surface area contributed by atoms with E-state index in [4.69, 9.17) is 37.3 Å². The number of hydrogen-bond donors (Lipinski definition) is 2. The van der Waals surface area contributed by atoms with E-state index in [-0.39, 0.29) is 34.4 Å². The van der Waals surface area contributed by atoms with Crippen molar-refractivity contribution >= 4 is 17.4 Å². The van der Waals surface area contributed by atoms with Gasteiger partial charge in [0.2, 0.25) is 0 Å². The Labute approximate surface area is 92.1 Å². The molecule has 0 aliphatic heterocycles. The van der Waals surface area contributed by atoms with E-state index in [1.165, 1.54) is 0 Å². The molecule has 0 amide bonds. The molecule has 0 aromatic carbocycles. The van der Waals surface area contributed by atoms with Crippen molar-refractivity contribution in [2.45, 2.75) is 0 Å². The molecule has 0 aliphatic rings. The molecule has 0 bridgehead atoms. The van der Waals surface area contributed by atoms with Gasteiger partial charge in [-0.15, -0.1) is 0 Å². The molecule has 8 nitrogen and oxygen atoms in total. The van der Waals surface area contributed by atoms with Gasteiger partial charge >= 0.3 is 0 Å². The van der Waals surface area contributed by atoms with Crippen LogP contribution in [0.3, 0.4) is 0 Å². The Morgan fingerprint density at radius 2 is 0.667 bits per heavy atom. The van der Waals surface area contributed by atoms with Gasteiger partial charge in [0.1, 0.15) is 0 Å². The fourth-order valence-electron chi connectivity index (χ4n) is 0. The summed E-state index contributed by atoms with van der Waals surface area (Å²) in [6, 6.07) is 0. The first-order chi connectivity index (χ1) is 4.00. The van der Waals surface area contributed by atoms with Gasteiger partial charge in [-0.25, -0.2) is 0 Å². The molecule has 0 aliphatic carbocycles. The smallest absolute Gasteiger partial charge is 0.183 e. The van der Waals surface area contributed by atoms with Gasteiger partial charge in [-0.05, 0) is 0 Å². The van der Waals surface area contributed by atoms with Crippen molar-refractivity contribution in [2.75, 3.05) is 0 Å². The maximum Gasteiger partial charge on any atom is 0.187 e. The monoisotopic (exact) mass is 293 g/mol. The number of hydrogen-bond acceptors (Lipinski definition) is 8. The van der Waals surface area contributed by atoms with Crippen LogP contribution in [0.5, 0.6) is 0 Å². The van der Waals surface area contributed by atoms with Gasteiger partial charge in [-0.1, -0.05) is 0 Å². The number of halogens is 2. The molecule has 81 valence electrons. The van der Waals surface area contributed by atoms with Gasteiger partial charge in [-0.3, -0.25) is 0 Å². The van der Waals surface area contributed by atoms with Gasteiger partial charge in [0.25, 0.3) is 0 Å². The molecule has 0 saturated carbocycles. The van der Waals surface area contributed by atoms with Gasteiger partial charge in [-0.2, -0.15) is 28.0 Å². The molecule has 0 unspecified atom stereocenters. The maximum atomic E-state index is 8.60. The standard InChI is InChI=1S/Al.2ClHO4.Cu.3H/c;2*2-1(3,4)5;;;;/h;2*(H,2,3,4,5);;;;. The first-order valence-electron chi connectivity index (χ1n) is 1.26. The Balaban J connectivity index is -0.0000000457. The first-order valence-corrected chi connectivity index (χ1v) is 3.79. The van der Waals surface area contributed by atoms with Crippen LogP contribution in [0.15, 0.2) is 0 Å². The van der Waals surface area contributed by atoms with Crippen molar-refractivity contribution in [3.63, 3.8) is 0 Å². The molecule has 0 spiro atoms. The molecule has 12 heavy (non-hydrogen) atoms. The summed E-state index contributed by atoms with van der Waals surface area (Å²) in [4.78, 5) is 0. The Kier molecular flexibility index (Phi) is 17.2. The fourth-order valence-corrected chi connectivity index (χ4v) is 0. The van der Waals surface area contributed by atoms with E-state index in [1.54, 1.807) is 0 Å². The van der Waals surface area contributed by atoms with Crippen molar-refractivity contribution in [1.29, 1.82) is 0 Å². The molecular weight excluding hydrogens is 289 g/mol. The van der Waals surface area contributed by atoms with Gasteiger partial charge in [0.05, 0.1) is 29.8 Å². The largest absolute Gasteiger partial charge is 0.187 e. The molecule has 0 aromatic heterocycles. The molecule has 0 heterocycles. The summed E-state index contributed by atoms with van der Waals surface area (Å²) in [7, 11) is -9.39. The van der Waals surface area contributed by atoms with Crippen LogP contribution >= 0.6 is 0 Å². The van der Waals surface area contributed by atoms with Crippen LogP contribution in [0.25, 0.3) is 0 Å². The van der Waals surface area contributed by atoms with Crippen LogP contribution in [0.2, 0.25) is 0 Å². The quantitative estimate of drug-likeness (QED) is 0.413. The molecule has 0 aromatic rings. The average Bonchev–Trinajstić information content (AvgIpc) is 1.12. The summed E-state index contributed by atoms with van der Waals surface area (Å²) >= 11 is 0. The van der Waals surface area contributed by atoms with E-state index < -0.39 is 20.5 Å². The Morgan fingerprint density at radius 1 is 0.667 bits per heavy atom. The van der Waals surface area contributed by atoms with E-state index in [0.29, 0.717) is 0 Å². The minimum atomic E-state index is -4.69. The van der Waals surface area contributed by atoms with E-state index >= 15 is 0 Å². The molecule has 1 radical (unpaired) electrons. The molecule has 0 atom stereocenters. The second-order valence-corrected chi connectivity index (χ2v) is 2.38. The summed E-state index contributed by atoms with van der Waals surface area (Å²) < 4.78 is 65.4. The third-order valence-electron chi connectivity index (χ3n) is 0. The zero-order chi connectivity index (χ0) is 9.00. The average molecular weight is 294 g/mol. The summed E-state index contributed by atoms with van der Waals surface area (Å²) in [5.41, 5.74) is 0. The second-order valence-electron chi connectivity index (χ2n) is 0.792. The zero-order valence-corrected chi connectivity index (χ0v) is 6.85. The van der Waals surface area contributed by atoms with Crippen LogP contribution in [-0.2, 0) is 17.1 Å². The van der Waals surface area contributed by atoms with Crippen molar-refractivity contribution in [3.05, 3.63) is 0 Å². The van der Waals surface area contributed by atoms with Crippen molar-refractivity contribution in [1.82, 2.24) is 0 Å². The minimum Gasteiger partial charge on any atom is -0.183 e. The van der Waals surface area contributed by atoms with Crippen LogP contribution in [0, 0.1) is 20.5 Å². The summed E-state index contributed by atoms with van der Waals surface area (Å²) in [5.74, 6) is 0. The third-order valence-corrected chi connectivity index (χ3v) is 0. The summed E-state index contributed by atoms with van der Waals surface area (Å²) in [6.07, 6.45) is 0. The van der Waals surface area contributed by atoms with E-state index in [2.05, 4.69) is 0 Å².